The van der Waals surface area contributed by atoms with Gasteiger partial charge in [0.05, 0.1) is 17.1 Å². The van der Waals surface area contributed by atoms with Crippen LogP contribution in [0.15, 0.2) is 54.6 Å². The fourth-order valence-corrected chi connectivity index (χ4v) is 3.99. The Kier molecular flexibility index (Phi) is 7.24. The largest absolute Gasteiger partial charge is 0.379 e. The van der Waals surface area contributed by atoms with Crippen LogP contribution >= 0.6 is 0 Å². The van der Waals surface area contributed by atoms with Crippen molar-refractivity contribution in [2.45, 2.75) is 45.4 Å². The van der Waals surface area contributed by atoms with E-state index in [9.17, 15) is 9.59 Å². The van der Waals surface area contributed by atoms with Crippen LogP contribution in [0.4, 0.5) is 10.7 Å². The SMILES string of the molecule is CC(C)OCCCNC(=O)[C@H](Cc1ccccc1)NC(=O)N1CCn2c1nc1ccccc12. The van der Waals surface area contributed by atoms with E-state index in [1.54, 1.807) is 4.90 Å². The standard InChI is InChI=1S/C25H31N5O3/c1-18(2)33-16-8-13-26-23(31)21(17-19-9-4-3-5-10-19)28-25(32)30-15-14-29-22-12-7-6-11-20(22)27-24(29)30/h3-7,9-12,18,21H,8,13-17H2,1-2H3,(H,26,31)(H,28,32)/t21-/m0/s1. The molecule has 1 atom stereocenters. The number of hydrogen-bond acceptors (Lipinski definition) is 4. The molecule has 33 heavy (non-hydrogen) atoms. The fourth-order valence-electron chi connectivity index (χ4n) is 3.99. The highest BCUT2D eigenvalue weighted by Crippen LogP contribution is 2.27. The van der Waals surface area contributed by atoms with Gasteiger partial charge in [-0.2, -0.15) is 0 Å². The molecule has 0 unspecified atom stereocenters. The number of imidazole rings is 1. The van der Waals surface area contributed by atoms with Crippen LogP contribution in [-0.4, -0.2) is 53.3 Å². The summed E-state index contributed by atoms with van der Waals surface area (Å²) in [5.41, 5.74) is 2.84. The van der Waals surface area contributed by atoms with Crippen molar-refractivity contribution in [1.29, 1.82) is 0 Å². The molecule has 0 fully saturated rings. The maximum atomic E-state index is 13.2. The maximum absolute atomic E-state index is 13.2. The zero-order chi connectivity index (χ0) is 23.2. The first-order valence-electron chi connectivity index (χ1n) is 11.5. The van der Waals surface area contributed by atoms with Crippen molar-refractivity contribution in [3.05, 3.63) is 60.2 Å². The molecule has 1 aliphatic heterocycles. The maximum Gasteiger partial charge on any atom is 0.324 e. The first-order valence-corrected chi connectivity index (χ1v) is 11.5. The Morgan fingerprint density at radius 2 is 1.82 bits per heavy atom. The van der Waals surface area contributed by atoms with Crippen LogP contribution < -0.4 is 15.5 Å². The summed E-state index contributed by atoms with van der Waals surface area (Å²) in [5, 5.41) is 5.88. The van der Waals surface area contributed by atoms with Crippen LogP contribution in [0.5, 0.6) is 0 Å². The number of nitrogens with zero attached hydrogens (tertiary/aromatic N) is 3. The number of carbonyl (C=O) groups excluding carboxylic acids is 2. The minimum Gasteiger partial charge on any atom is -0.379 e. The normalized spacial score (nSPS) is 13.8. The van der Waals surface area contributed by atoms with Crippen LogP contribution in [0.3, 0.4) is 0 Å². The molecular weight excluding hydrogens is 418 g/mol. The van der Waals surface area contributed by atoms with Crippen LogP contribution in [0.25, 0.3) is 11.0 Å². The molecule has 2 aromatic carbocycles. The van der Waals surface area contributed by atoms with Gasteiger partial charge in [-0.3, -0.25) is 9.69 Å². The van der Waals surface area contributed by atoms with E-state index >= 15 is 0 Å². The third-order valence-corrected chi connectivity index (χ3v) is 5.64. The summed E-state index contributed by atoms with van der Waals surface area (Å²) >= 11 is 0. The molecule has 1 aliphatic rings. The van der Waals surface area contributed by atoms with E-state index < -0.39 is 6.04 Å². The van der Waals surface area contributed by atoms with Gasteiger partial charge in [0.25, 0.3) is 0 Å². The van der Waals surface area contributed by atoms with E-state index in [1.165, 1.54) is 0 Å². The molecule has 1 aromatic heterocycles. The van der Waals surface area contributed by atoms with Gasteiger partial charge in [0, 0.05) is 32.7 Å². The summed E-state index contributed by atoms with van der Waals surface area (Å²) in [5.74, 6) is 0.405. The number of anilines is 1. The molecule has 0 saturated carbocycles. The Morgan fingerprint density at radius 3 is 2.61 bits per heavy atom. The molecule has 8 nitrogen and oxygen atoms in total. The lowest BCUT2D eigenvalue weighted by Crippen LogP contribution is -2.52. The summed E-state index contributed by atoms with van der Waals surface area (Å²) in [7, 11) is 0. The van der Waals surface area contributed by atoms with E-state index in [2.05, 4.69) is 15.6 Å². The van der Waals surface area contributed by atoms with Gasteiger partial charge in [0.1, 0.15) is 6.04 Å². The summed E-state index contributed by atoms with van der Waals surface area (Å²) in [6, 6.07) is 16.5. The minimum atomic E-state index is -0.690. The summed E-state index contributed by atoms with van der Waals surface area (Å²) in [6.45, 7) is 6.23. The fraction of sp³-hybridized carbons (Fsp3) is 0.400. The quantitative estimate of drug-likeness (QED) is 0.492. The Bertz CT molecular complexity index is 1100. The van der Waals surface area contributed by atoms with Gasteiger partial charge in [0.15, 0.2) is 0 Å². The highest BCUT2D eigenvalue weighted by molar-refractivity contribution is 5.96. The molecule has 2 N–H and O–H groups in total. The smallest absolute Gasteiger partial charge is 0.324 e. The van der Waals surface area contributed by atoms with E-state index in [0.717, 1.165) is 16.6 Å². The van der Waals surface area contributed by atoms with E-state index in [4.69, 9.17) is 4.74 Å². The highest BCUT2D eigenvalue weighted by Gasteiger charge is 2.31. The molecule has 2 heterocycles. The topological polar surface area (TPSA) is 88.5 Å². The second kappa shape index (κ2) is 10.5. The van der Waals surface area contributed by atoms with Gasteiger partial charge in [0.2, 0.25) is 11.9 Å². The number of urea groups is 1. The molecule has 0 spiro atoms. The number of fused-ring (bicyclic) bond motifs is 3. The van der Waals surface area contributed by atoms with Gasteiger partial charge >= 0.3 is 6.03 Å². The van der Waals surface area contributed by atoms with Crippen molar-refractivity contribution in [2.24, 2.45) is 0 Å². The first-order chi connectivity index (χ1) is 16.0. The van der Waals surface area contributed by atoms with Gasteiger partial charge in [-0.15, -0.1) is 0 Å². The molecule has 8 heteroatoms. The monoisotopic (exact) mass is 449 g/mol. The van der Waals surface area contributed by atoms with Crippen molar-refractivity contribution in [3.8, 4) is 0 Å². The van der Waals surface area contributed by atoms with Gasteiger partial charge in [-0.05, 0) is 38.0 Å². The van der Waals surface area contributed by atoms with E-state index in [1.807, 2.05) is 73.0 Å². The lowest BCUT2D eigenvalue weighted by Gasteiger charge is -2.22. The zero-order valence-corrected chi connectivity index (χ0v) is 19.2. The average molecular weight is 450 g/mol. The molecule has 0 bridgehead atoms. The minimum absolute atomic E-state index is 0.162. The van der Waals surface area contributed by atoms with Crippen molar-refractivity contribution < 1.29 is 14.3 Å². The van der Waals surface area contributed by atoms with Crippen LogP contribution in [0.2, 0.25) is 0 Å². The van der Waals surface area contributed by atoms with Crippen molar-refractivity contribution in [2.75, 3.05) is 24.6 Å². The lowest BCUT2D eigenvalue weighted by atomic mass is 10.1. The van der Waals surface area contributed by atoms with Crippen molar-refractivity contribution in [3.63, 3.8) is 0 Å². The molecule has 0 aliphatic carbocycles. The number of benzene rings is 2. The predicted molar refractivity (Wildman–Crippen MR) is 128 cm³/mol. The molecule has 3 amide bonds. The van der Waals surface area contributed by atoms with Gasteiger partial charge in [-0.1, -0.05) is 42.5 Å². The molecule has 3 aromatic rings. The molecule has 0 saturated heterocycles. The molecule has 4 rings (SSSR count). The highest BCUT2D eigenvalue weighted by atomic mass is 16.5. The van der Waals surface area contributed by atoms with E-state index in [-0.39, 0.29) is 18.0 Å². The Labute approximate surface area is 193 Å². The number of aromatic nitrogens is 2. The number of ether oxygens (including phenoxy) is 1. The molecule has 0 radical (unpaired) electrons. The third-order valence-electron chi connectivity index (χ3n) is 5.64. The predicted octanol–water partition coefficient (Wildman–Crippen LogP) is 3.11. The second-order valence-electron chi connectivity index (χ2n) is 8.46. The first kappa shape index (κ1) is 22.8. The van der Waals surface area contributed by atoms with Crippen LogP contribution in [-0.2, 0) is 22.5 Å². The summed E-state index contributed by atoms with van der Waals surface area (Å²) in [4.78, 5) is 32.4. The van der Waals surface area contributed by atoms with Crippen molar-refractivity contribution >= 4 is 28.9 Å². The number of rotatable bonds is 9. The Morgan fingerprint density at radius 1 is 1.06 bits per heavy atom. The lowest BCUT2D eigenvalue weighted by molar-refractivity contribution is -0.122. The third kappa shape index (κ3) is 5.51. The zero-order valence-electron chi connectivity index (χ0n) is 19.2. The second-order valence-corrected chi connectivity index (χ2v) is 8.46. The summed E-state index contributed by atoms with van der Waals surface area (Å²) < 4.78 is 7.57. The Balaban J connectivity index is 1.43. The van der Waals surface area contributed by atoms with E-state index in [0.29, 0.717) is 45.0 Å². The molecular formula is C25H31N5O3. The number of nitrogens with one attached hydrogen (secondary N) is 2. The number of para-hydroxylation sites is 2. The Hall–Kier alpha value is -3.39. The van der Waals surface area contributed by atoms with Crippen LogP contribution in [0, 0.1) is 0 Å². The molecule has 174 valence electrons. The van der Waals surface area contributed by atoms with Crippen LogP contribution in [0.1, 0.15) is 25.8 Å². The van der Waals surface area contributed by atoms with Gasteiger partial charge in [-0.25, -0.2) is 9.78 Å². The summed E-state index contributed by atoms with van der Waals surface area (Å²) in [6.07, 6.45) is 1.28. The number of hydrogen-bond donors (Lipinski definition) is 2. The van der Waals surface area contributed by atoms with Crippen molar-refractivity contribution in [1.82, 2.24) is 20.2 Å². The van der Waals surface area contributed by atoms with Gasteiger partial charge < -0.3 is 19.9 Å². The number of amides is 3. The average Bonchev–Trinajstić information content (AvgIpc) is 3.38. The number of carbonyl (C=O) groups is 2.